The minimum absolute atomic E-state index is 0.0345. The summed E-state index contributed by atoms with van der Waals surface area (Å²) in [6, 6.07) is 7.60. The first-order valence-corrected chi connectivity index (χ1v) is 6.45. The lowest BCUT2D eigenvalue weighted by Crippen LogP contribution is -2.33. The van der Waals surface area contributed by atoms with Crippen molar-refractivity contribution < 1.29 is 9.53 Å². The lowest BCUT2D eigenvalue weighted by atomic mass is 10.1. The van der Waals surface area contributed by atoms with Crippen molar-refractivity contribution in [1.29, 1.82) is 0 Å². The van der Waals surface area contributed by atoms with Crippen LogP contribution in [0, 0.1) is 0 Å². The maximum atomic E-state index is 12.0. The SMILES string of the molecule is CC(N)c1cccc(NC(=O)C2CCCCO2)c1. The topological polar surface area (TPSA) is 64.3 Å². The summed E-state index contributed by atoms with van der Waals surface area (Å²) in [7, 11) is 0. The second kappa shape index (κ2) is 5.98. The van der Waals surface area contributed by atoms with Crippen molar-refractivity contribution in [3.8, 4) is 0 Å². The summed E-state index contributed by atoms with van der Waals surface area (Å²) in [5.74, 6) is -0.0588. The standard InChI is InChI=1S/C14H20N2O2/c1-10(15)11-5-4-6-12(9-11)16-14(17)13-7-2-3-8-18-13/h4-6,9-10,13H,2-3,7-8,15H2,1H3,(H,16,17). The van der Waals surface area contributed by atoms with Gasteiger partial charge in [-0.1, -0.05) is 12.1 Å². The molecule has 1 aromatic carbocycles. The molecule has 0 spiro atoms. The van der Waals surface area contributed by atoms with Crippen molar-refractivity contribution >= 4 is 11.6 Å². The molecule has 98 valence electrons. The Labute approximate surface area is 108 Å². The summed E-state index contributed by atoms with van der Waals surface area (Å²) >= 11 is 0. The van der Waals surface area contributed by atoms with E-state index in [0.29, 0.717) is 6.61 Å². The Bertz CT molecular complexity index is 412. The van der Waals surface area contributed by atoms with Crippen LogP contribution in [-0.4, -0.2) is 18.6 Å². The molecule has 2 atom stereocenters. The second-order valence-corrected chi connectivity index (χ2v) is 4.76. The van der Waals surface area contributed by atoms with Gasteiger partial charge < -0.3 is 15.8 Å². The quantitative estimate of drug-likeness (QED) is 0.862. The summed E-state index contributed by atoms with van der Waals surface area (Å²) in [4.78, 5) is 12.0. The van der Waals surface area contributed by atoms with E-state index in [9.17, 15) is 4.79 Å². The zero-order valence-corrected chi connectivity index (χ0v) is 10.7. The van der Waals surface area contributed by atoms with Crippen LogP contribution in [0.4, 0.5) is 5.69 Å². The predicted octanol–water partition coefficient (Wildman–Crippen LogP) is 2.21. The highest BCUT2D eigenvalue weighted by Crippen LogP contribution is 2.18. The molecular formula is C14H20N2O2. The van der Waals surface area contributed by atoms with Gasteiger partial charge in [0.1, 0.15) is 6.10 Å². The molecule has 1 fully saturated rings. The first kappa shape index (κ1) is 13.1. The molecule has 18 heavy (non-hydrogen) atoms. The fourth-order valence-electron chi connectivity index (χ4n) is 2.07. The van der Waals surface area contributed by atoms with Gasteiger partial charge in [0.2, 0.25) is 0 Å². The van der Waals surface area contributed by atoms with Crippen LogP contribution in [0.2, 0.25) is 0 Å². The molecule has 1 saturated heterocycles. The highest BCUT2D eigenvalue weighted by atomic mass is 16.5. The summed E-state index contributed by atoms with van der Waals surface area (Å²) in [6.45, 7) is 2.60. The lowest BCUT2D eigenvalue weighted by Gasteiger charge is -2.21. The lowest BCUT2D eigenvalue weighted by molar-refractivity contribution is -0.129. The minimum Gasteiger partial charge on any atom is -0.368 e. The van der Waals surface area contributed by atoms with Crippen molar-refractivity contribution in [3.63, 3.8) is 0 Å². The number of amides is 1. The average Bonchev–Trinajstić information content (AvgIpc) is 2.40. The number of rotatable bonds is 3. The van der Waals surface area contributed by atoms with E-state index in [1.54, 1.807) is 0 Å². The molecule has 1 aromatic rings. The van der Waals surface area contributed by atoms with Gasteiger partial charge in [0.05, 0.1) is 0 Å². The Hall–Kier alpha value is -1.39. The fraction of sp³-hybridized carbons (Fsp3) is 0.500. The third-order valence-electron chi connectivity index (χ3n) is 3.15. The van der Waals surface area contributed by atoms with Crippen molar-refractivity contribution in [1.82, 2.24) is 0 Å². The van der Waals surface area contributed by atoms with Crippen LogP contribution in [0.25, 0.3) is 0 Å². The second-order valence-electron chi connectivity index (χ2n) is 4.76. The van der Waals surface area contributed by atoms with Gasteiger partial charge in [0, 0.05) is 18.3 Å². The van der Waals surface area contributed by atoms with Gasteiger partial charge in [-0.2, -0.15) is 0 Å². The van der Waals surface area contributed by atoms with Crippen molar-refractivity contribution in [2.75, 3.05) is 11.9 Å². The van der Waals surface area contributed by atoms with Gasteiger partial charge in [-0.15, -0.1) is 0 Å². The molecule has 2 rings (SSSR count). The molecule has 0 saturated carbocycles. The molecule has 0 aliphatic carbocycles. The molecule has 2 unspecified atom stereocenters. The molecule has 1 amide bonds. The zero-order valence-electron chi connectivity index (χ0n) is 10.7. The van der Waals surface area contributed by atoms with Crippen LogP contribution in [0.15, 0.2) is 24.3 Å². The number of carbonyl (C=O) groups excluding carboxylic acids is 1. The molecule has 4 heteroatoms. The van der Waals surface area contributed by atoms with Crippen LogP contribution < -0.4 is 11.1 Å². The van der Waals surface area contributed by atoms with Gasteiger partial charge in [-0.3, -0.25) is 4.79 Å². The Morgan fingerprint density at radius 3 is 3.00 bits per heavy atom. The molecule has 3 N–H and O–H groups in total. The van der Waals surface area contributed by atoms with E-state index in [4.69, 9.17) is 10.5 Å². The third kappa shape index (κ3) is 3.31. The van der Waals surface area contributed by atoms with E-state index in [1.165, 1.54) is 0 Å². The van der Waals surface area contributed by atoms with E-state index >= 15 is 0 Å². The molecule has 0 radical (unpaired) electrons. The maximum absolute atomic E-state index is 12.0. The molecule has 1 aliphatic rings. The number of hydrogen-bond acceptors (Lipinski definition) is 3. The summed E-state index contributed by atoms with van der Waals surface area (Å²) in [6.07, 6.45) is 2.60. The zero-order chi connectivity index (χ0) is 13.0. The van der Waals surface area contributed by atoms with Crippen LogP contribution in [0.1, 0.15) is 37.8 Å². The fourth-order valence-corrected chi connectivity index (χ4v) is 2.07. The smallest absolute Gasteiger partial charge is 0.253 e. The molecule has 0 bridgehead atoms. The third-order valence-corrected chi connectivity index (χ3v) is 3.15. The molecule has 1 heterocycles. The van der Waals surface area contributed by atoms with Crippen LogP contribution in [-0.2, 0) is 9.53 Å². The number of anilines is 1. The van der Waals surface area contributed by atoms with E-state index in [0.717, 1.165) is 30.5 Å². The highest BCUT2D eigenvalue weighted by Gasteiger charge is 2.21. The molecule has 0 aromatic heterocycles. The highest BCUT2D eigenvalue weighted by molar-refractivity contribution is 5.94. The number of nitrogens with two attached hydrogens (primary N) is 1. The Balaban J connectivity index is 1.99. The summed E-state index contributed by atoms with van der Waals surface area (Å²) in [5.41, 5.74) is 7.61. The van der Waals surface area contributed by atoms with E-state index < -0.39 is 0 Å². The summed E-state index contributed by atoms with van der Waals surface area (Å²) < 4.78 is 5.45. The molecule has 4 nitrogen and oxygen atoms in total. The monoisotopic (exact) mass is 248 g/mol. The Kier molecular flexibility index (Phi) is 4.33. The van der Waals surface area contributed by atoms with E-state index in [-0.39, 0.29) is 18.1 Å². The van der Waals surface area contributed by atoms with Gasteiger partial charge >= 0.3 is 0 Å². The number of hydrogen-bond donors (Lipinski definition) is 2. The number of nitrogens with one attached hydrogen (secondary N) is 1. The van der Waals surface area contributed by atoms with Gasteiger partial charge in [-0.05, 0) is 43.9 Å². The van der Waals surface area contributed by atoms with Crippen LogP contribution in [0.3, 0.4) is 0 Å². The van der Waals surface area contributed by atoms with Crippen molar-refractivity contribution in [2.24, 2.45) is 5.73 Å². The first-order chi connectivity index (χ1) is 8.66. The Morgan fingerprint density at radius 2 is 2.33 bits per heavy atom. The first-order valence-electron chi connectivity index (χ1n) is 6.45. The predicted molar refractivity (Wildman–Crippen MR) is 71.3 cm³/mol. The number of ether oxygens (including phenoxy) is 1. The normalized spacial score (nSPS) is 21.3. The molecule has 1 aliphatic heterocycles. The van der Waals surface area contributed by atoms with E-state index in [2.05, 4.69) is 5.32 Å². The number of carbonyl (C=O) groups is 1. The molecular weight excluding hydrogens is 228 g/mol. The van der Waals surface area contributed by atoms with Crippen molar-refractivity contribution in [2.45, 2.75) is 38.3 Å². The minimum atomic E-state index is -0.308. The van der Waals surface area contributed by atoms with Gasteiger partial charge in [0.25, 0.3) is 5.91 Å². The maximum Gasteiger partial charge on any atom is 0.253 e. The Morgan fingerprint density at radius 1 is 1.50 bits per heavy atom. The largest absolute Gasteiger partial charge is 0.368 e. The van der Waals surface area contributed by atoms with Crippen LogP contribution >= 0.6 is 0 Å². The van der Waals surface area contributed by atoms with E-state index in [1.807, 2.05) is 31.2 Å². The number of benzene rings is 1. The van der Waals surface area contributed by atoms with Gasteiger partial charge in [0.15, 0.2) is 0 Å². The van der Waals surface area contributed by atoms with Gasteiger partial charge in [-0.25, -0.2) is 0 Å². The van der Waals surface area contributed by atoms with Crippen molar-refractivity contribution in [3.05, 3.63) is 29.8 Å². The van der Waals surface area contributed by atoms with Crippen LogP contribution in [0.5, 0.6) is 0 Å². The average molecular weight is 248 g/mol. The summed E-state index contributed by atoms with van der Waals surface area (Å²) in [5, 5.41) is 2.89.